The summed E-state index contributed by atoms with van der Waals surface area (Å²) >= 11 is 0. The Morgan fingerprint density at radius 3 is 1.49 bits per heavy atom. The van der Waals surface area contributed by atoms with Crippen LogP contribution in [0.2, 0.25) is 0 Å². The summed E-state index contributed by atoms with van der Waals surface area (Å²) in [6.07, 6.45) is -7.77. The second-order valence-electron chi connectivity index (χ2n) is 17.4. The van der Waals surface area contributed by atoms with E-state index in [1.807, 2.05) is 51.1 Å². The van der Waals surface area contributed by atoms with Gasteiger partial charge in [-0.3, -0.25) is 9.59 Å². The molecule has 0 atom stereocenters. The number of alkyl halides is 6. The molecular weight excluding hydrogens is 915 g/mol. The average molecular weight is 969 g/mol. The molecule has 16 heteroatoms. The standard InChI is InChI=1S/C29H29F3N2O4.C24H21F3N2O2.CH4/c1-28(2,3)38-27(36)34-15-14-19-16-22(13-10-20(19)17-34)33-26(35)23-6-5-7-24(37-4)25(23)18-8-11-21(12-9-18)29(30,31)32;1-31-21-4-2-3-20(22(21)15-5-8-18(9-6-15)24(25,26)27)23(30)29-19-10-7-17-14-28-12-11-16(17)13-19;/h5-13,16H,14-15,17H2,1-4H3,(H,33,35);2-10,13,28H,11-12,14H2,1H3,(H,29,30);1H4. The van der Waals surface area contributed by atoms with E-state index in [4.69, 9.17) is 14.2 Å². The number of nitrogens with one attached hydrogen (secondary N) is 3. The molecule has 0 aliphatic carbocycles. The third-order valence-electron chi connectivity index (χ3n) is 11.5. The van der Waals surface area contributed by atoms with Gasteiger partial charge in [-0.25, -0.2) is 4.79 Å². The molecule has 70 heavy (non-hydrogen) atoms. The lowest BCUT2D eigenvalue weighted by Gasteiger charge is -2.31. The molecule has 0 saturated carbocycles. The minimum absolute atomic E-state index is 0. The number of methoxy groups -OCH3 is 2. The minimum Gasteiger partial charge on any atom is -0.496 e. The van der Waals surface area contributed by atoms with Crippen LogP contribution in [0.4, 0.5) is 42.5 Å². The smallest absolute Gasteiger partial charge is 0.416 e. The Hall–Kier alpha value is -7.33. The van der Waals surface area contributed by atoms with Gasteiger partial charge in [0.05, 0.1) is 36.5 Å². The second-order valence-corrected chi connectivity index (χ2v) is 17.4. The number of ether oxygens (including phenoxy) is 3. The van der Waals surface area contributed by atoms with E-state index >= 15 is 0 Å². The maximum absolute atomic E-state index is 13.3. The van der Waals surface area contributed by atoms with Crippen LogP contribution in [0.5, 0.6) is 11.5 Å². The number of carbonyl (C=O) groups is 3. The zero-order chi connectivity index (χ0) is 49.7. The van der Waals surface area contributed by atoms with Gasteiger partial charge in [0.2, 0.25) is 0 Å². The summed E-state index contributed by atoms with van der Waals surface area (Å²) in [5, 5.41) is 9.11. The first kappa shape index (κ1) is 52.0. The van der Waals surface area contributed by atoms with Gasteiger partial charge in [0.25, 0.3) is 11.8 Å². The SMILES string of the molecule is C.COc1cccc(C(=O)Nc2ccc3c(c2)CCN(C(=O)OC(C)(C)C)C3)c1-c1ccc(C(F)(F)F)cc1.COc1cccc(C(=O)Nc2ccc3c(c2)CCNC3)c1-c1ccc(C(F)(F)F)cc1. The molecule has 6 aromatic rings. The van der Waals surface area contributed by atoms with Gasteiger partial charge >= 0.3 is 18.4 Å². The van der Waals surface area contributed by atoms with E-state index in [2.05, 4.69) is 16.0 Å². The molecule has 0 saturated heterocycles. The van der Waals surface area contributed by atoms with Crippen molar-refractivity contribution >= 4 is 29.3 Å². The zero-order valence-electron chi connectivity index (χ0n) is 38.5. The van der Waals surface area contributed by atoms with Crippen LogP contribution in [0.3, 0.4) is 0 Å². The number of hydrogen-bond donors (Lipinski definition) is 3. The van der Waals surface area contributed by atoms with Gasteiger partial charge in [-0.05, 0) is 146 Å². The molecule has 0 radical (unpaired) electrons. The number of carbonyl (C=O) groups excluding carboxylic acids is 3. The van der Waals surface area contributed by atoms with Crippen molar-refractivity contribution < 1.29 is 54.9 Å². The van der Waals surface area contributed by atoms with Crippen molar-refractivity contribution in [2.24, 2.45) is 0 Å². The molecule has 0 bridgehead atoms. The van der Waals surface area contributed by atoms with Crippen molar-refractivity contribution in [2.45, 2.75) is 72.1 Å². The minimum atomic E-state index is -4.46. The molecule has 0 fully saturated rings. The molecule has 6 aromatic carbocycles. The highest BCUT2D eigenvalue weighted by atomic mass is 19.4. The zero-order valence-corrected chi connectivity index (χ0v) is 38.5. The van der Waals surface area contributed by atoms with Crippen LogP contribution < -0.4 is 25.4 Å². The monoisotopic (exact) mass is 968 g/mol. The summed E-state index contributed by atoms with van der Waals surface area (Å²) < 4.78 is 94.3. The maximum Gasteiger partial charge on any atom is 0.416 e. The lowest BCUT2D eigenvalue weighted by Crippen LogP contribution is -2.39. The highest BCUT2D eigenvalue weighted by Crippen LogP contribution is 2.39. The van der Waals surface area contributed by atoms with Crippen LogP contribution in [-0.4, -0.2) is 55.7 Å². The molecule has 3 amide bonds. The number of amides is 3. The number of rotatable bonds is 8. The van der Waals surface area contributed by atoms with E-state index < -0.39 is 35.0 Å². The number of fused-ring (bicyclic) bond motifs is 2. The van der Waals surface area contributed by atoms with E-state index in [1.165, 1.54) is 49.6 Å². The fourth-order valence-corrected chi connectivity index (χ4v) is 8.09. The molecule has 2 aliphatic rings. The van der Waals surface area contributed by atoms with Crippen LogP contribution in [0.15, 0.2) is 121 Å². The fraction of sp³-hybridized carbons (Fsp3) is 0.278. The van der Waals surface area contributed by atoms with Crippen molar-refractivity contribution in [3.63, 3.8) is 0 Å². The van der Waals surface area contributed by atoms with Gasteiger partial charge in [-0.1, -0.05) is 56.0 Å². The molecule has 3 N–H and O–H groups in total. The van der Waals surface area contributed by atoms with Crippen LogP contribution in [-0.2, 0) is 43.0 Å². The number of benzene rings is 6. The summed E-state index contributed by atoms with van der Waals surface area (Å²) in [5.74, 6) is -0.0124. The first-order valence-corrected chi connectivity index (χ1v) is 22.0. The van der Waals surface area contributed by atoms with Crippen molar-refractivity contribution in [3.8, 4) is 33.8 Å². The Morgan fingerprint density at radius 2 is 1.04 bits per heavy atom. The summed E-state index contributed by atoms with van der Waals surface area (Å²) in [6, 6.07) is 30.5. The predicted octanol–water partition coefficient (Wildman–Crippen LogP) is 12.8. The molecule has 2 aliphatic heterocycles. The quantitative estimate of drug-likeness (QED) is 0.130. The molecule has 2 heterocycles. The molecule has 8 rings (SSSR count). The highest BCUT2D eigenvalue weighted by molar-refractivity contribution is 6.10. The van der Waals surface area contributed by atoms with E-state index in [9.17, 15) is 40.7 Å². The largest absolute Gasteiger partial charge is 0.496 e. The third-order valence-corrected chi connectivity index (χ3v) is 11.5. The van der Waals surface area contributed by atoms with Crippen LogP contribution >= 0.6 is 0 Å². The first-order chi connectivity index (χ1) is 32.7. The van der Waals surface area contributed by atoms with Crippen molar-refractivity contribution in [3.05, 3.63) is 166 Å². The van der Waals surface area contributed by atoms with Gasteiger partial charge < -0.3 is 35.1 Å². The summed E-state index contributed by atoms with van der Waals surface area (Å²) in [5.41, 5.74) is 5.81. The van der Waals surface area contributed by atoms with E-state index in [0.717, 1.165) is 54.9 Å². The van der Waals surface area contributed by atoms with Crippen LogP contribution in [0.25, 0.3) is 22.3 Å². The van der Waals surface area contributed by atoms with Crippen molar-refractivity contribution in [1.29, 1.82) is 0 Å². The van der Waals surface area contributed by atoms with E-state index in [0.29, 0.717) is 70.2 Å². The molecule has 10 nitrogen and oxygen atoms in total. The van der Waals surface area contributed by atoms with Gasteiger partial charge in [0, 0.05) is 42.1 Å². The molecular formula is C54H54F6N4O6. The Labute approximate surface area is 403 Å². The lowest BCUT2D eigenvalue weighted by atomic mass is 9.96. The Balaban J connectivity index is 0.000000231. The van der Waals surface area contributed by atoms with Gasteiger partial charge in [-0.2, -0.15) is 26.3 Å². The molecule has 0 unspecified atom stereocenters. The molecule has 0 spiro atoms. The van der Waals surface area contributed by atoms with E-state index in [1.54, 1.807) is 47.4 Å². The Bertz CT molecular complexity index is 2840. The summed E-state index contributed by atoms with van der Waals surface area (Å²) in [4.78, 5) is 40.5. The topological polar surface area (TPSA) is 118 Å². The number of hydrogen-bond acceptors (Lipinski definition) is 7. The maximum atomic E-state index is 13.3. The Kier molecular flexibility index (Phi) is 16.0. The van der Waals surface area contributed by atoms with Gasteiger partial charge in [0.1, 0.15) is 17.1 Å². The van der Waals surface area contributed by atoms with Gasteiger partial charge in [-0.15, -0.1) is 0 Å². The predicted molar refractivity (Wildman–Crippen MR) is 258 cm³/mol. The van der Waals surface area contributed by atoms with Gasteiger partial charge in [0.15, 0.2) is 0 Å². The summed E-state index contributed by atoms with van der Waals surface area (Å²) in [6.45, 7) is 8.06. The number of nitrogens with zero attached hydrogens (tertiary/aromatic N) is 1. The first-order valence-electron chi connectivity index (χ1n) is 22.0. The lowest BCUT2D eigenvalue weighted by molar-refractivity contribution is -0.138. The fourth-order valence-electron chi connectivity index (χ4n) is 8.09. The van der Waals surface area contributed by atoms with Crippen molar-refractivity contribution in [2.75, 3.05) is 37.9 Å². The number of halogens is 6. The molecule has 368 valence electrons. The third kappa shape index (κ3) is 12.5. The van der Waals surface area contributed by atoms with Crippen LogP contribution in [0.1, 0.15) is 82.3 Å². The van der Waals surface area contributed by atoms with E-state index in [-0.39, 0.29) is 25.0 Å². The van der Waals surface area contributed by atoms with Crippen LogP contribution in [0, 0.1) is 0 Å². The average Bonchev–Trinajstić information content (AvgIpc) is 3.32. The number of anilines is 2. The van der Waals surface area contributed by atoms with Crippen molar-refractivity contribution in [1.82, 2.24) is 10.2 Å². The normalized spacial score (nSPS) is 13.3. The Morgan fingerprint density at radius 1 is 0.586 bits per heavy atom. The second kappa shape index (κ2) is 21.5. The summed E-state index contributed by atoms with van der Waals surface area (Å²) in [7, 11) is 2.90. The molecule has 0 aromatic heterocycles. The highest BCUT2D eigenvalue weighted by Gasteiger charge is 2.32.